The third-order valence-corrected chi connectivity index (χ3v) is 6.09. The monoisotopic (exact) mass is 362 g/mol. The molecule has 5 rings (SSSR count). The topological polar surface area (TPSA) is 51.2 Å². The molecular formula is C21H18N2O2S. The molecule has 4 nitrogen and oxygen atoms in total. The van der Waals surface area contributed by atoms with Gasteiger partial charge in [0, 0.05) is 16.0 Å². The number of nitrogens with zero attached hydrogens (tertiary/aromatic N) is 1. The second kappa shape index (κ2) is 6.25. The van der Waals surface area contributed by atoms with E-state index in [4.69, 9.17) is 4.74 Å². The Labute approximate surface area is 155 Å². The van der Waals surface area contributed by atoms with Gasteiger partial charge in [0.25, 0.3) is 0 Å². The Kier molecular flexibility index (Phi) is 3.75. The minimum absolute atomic E-state index is 0.0562. The van der Waals surface area contributed by atoms with Crippen molar-refractivity contribution < 1.29 is 9.53 Å². The number of para-hydroxylation sites is 2. The van der Waals surface area contributed by atoms with Crippen molar-refractivity contribution in [3.63, 3.8) is 0 Å². The number of ether oxygens (including phenoxy) is 1. The van der Waals surface area contributed by atoms with Crippen LogP contribution < -0.4 is 10.1 Å². The molecule has 0 atom stereocenters. The first kappa shape index (κ1) is 15.6. The van der Waals surface area contributed by atoms with Crippen LogP contribution in [0.5, 0.6) is 11.5 Å². The highest BCUT2D eigenvalue weighted by atomic mass is 32.1. The summed E-state index contributed by atoms with van der Waals surface area (Å²) in [5.41, 5.74) is 2.94. The third-order valence-electron chi connectivity index (χ3n) is 5.02. The summed E-state index contributed by atoms with van der Waals surface area (Å²) in [6.07, 6.45) is 4.49. The molecule has 5 heteroatoms. The SMILES string of the molecule is O=C(Nc1nc2c(s1)CCCC2)C1c2ccccc2Oc2ccccc21. The van der Waals surface area contributed by atoms with Crippen molar-refractivity contribution in [3.8, 4) is 11.5 Å². The molecule has 26 heavy (non-hydrogen) atoms. The molecule has 0 saturated heterocycles. The molecule has 3 aromatic rings. The van der Waals surface area contributed by atoms with Gasteiger partial charge < -0.3 is 10.1 Å². The Hall–Kier alpha value is -2.66. The van der Waals surface area contributed by atoms with Crippen LogP contribution in [0.4, 0.5) is 5.13 Å². The molecule has 0 fully saturated rings. The fraction of sp³-hybridized carbons (Fsp3) is 0.238. The number of aromatic nitrogens is 1. The minimum Gasteiger partial charge on any atom is -0.457 e. The van der Waals surface area contributed by atoms with Gasteiger partial charge in [0.05, 0.1) is 11.6 Å². The van der Waals surface area contributed by atoms with Crippen molar-refractivity contribution in [2.45, 2.75) is 31.6 Å². The Morgan fingerprint density at radius 3 is 2.35 bits per heavy atom. The summed E-state index contributed by atoms with van der Waals surface area (Å²) in [6.45, 7) is 0. The molecule has 2 aromatic carbocycles. The lowest BCUT2D eigenvalue weighted by Gasteiger charge is -2.27. The van der Waals surface area contributed by atoms with Gasteiger partial charge in [-0.15, -0.1) is 11.3 Å². The number of fused-ring (bicyclic) bond motifs is 3. The largest absolute Gasteiger partial charge is 0.457 e. The summed E-state index contributed by atoms with van der Waals surface area (Å²) in [7, 11) is 0. The number of thiazole rings is 1. The molecule has 2 heterocycles. The zero-order chi connectivity index (χ0) is 17.5. The van der Waals surface area contributed by atoms with Gasteiger partial charge in [0.1, 0.15) is 11.5 Å². The molecule has 0 saturated carbocycles. The molecule has 1 aliphatic heterocycles. The van der Waals surface area contributed by atoms with Crippen molar-refractivity contribution in [2.24, 2.45) is 0 Å². The fourth-order valence-electron chi connectivity index (χ4n) is 3.78. The van der Waals surface area contributed by atoms with E-state index >= 15 is 0 Å². The maximum Gasteiger partial charge on any atom is 0.238 e. The van der Waals surface area contributed by atoms with E-state index in [1.807, 2.05) is 48.5 Å². The lowest BCUT2D eigenvalue weighted by molar-refractivity contribution is -0.116. The van der Waals surface area contributed by atoms with E-state index < -0.39 is 5.92 Å². The Morgan fingerprint density at radius 2 is 1.65 bits per heavy atom. The first-order valence-electron chi connectivity index (χ1n) is 8.95. The molecular weight excluding hydrogens is 344 g/mol. The van der Waals surface area contributed by atoms with Crippen LogP contribution in [-0.2, 0) is 17.6 Å². The van der Waals surface area contributed by atoms with Gasteiger partial charge in [0.15, 0.2) is 5.13 Å². The Balaban J connectivity index is 1.51. The van der Waals surface area contributed by atoms with Gasteiger partial charge in [-0.1, -0.05) is 36.4 Å². The molecule has 0 radical (unpaired) electrons. The molecule has 1 N–H and O–H groups in total. The minimum atomic E-state index is -0.392. The van der Waals surface area contributed by atoms with Crippen molar-refractivity contribution in [2.75, 3.05) is 5.32 Å². The molecule has 1 aromatic heterocycles. The highest BCUT2D eigenvalue weighted by Crippen LogP contribution is 2.44. The molecule has 0 spiro atoms. The van der Waals surface area contributed by atoms with Gasteiger partial charge in [-0.3, -0.25) is 4.79 Å². The van der Waals surface area contributed by atoms with Crippen LogP contribution in [0.15, 0.2) is 48.5 Å². The predicted octanol–water partition coefficient (Wildman–Crippen LogP) is 4.90. The number of aryl methyl sites for hydroxylation is 2. The highest BCUT2D eigenvalue weighted by Gasteiger charge is 2.33. The number of anilines is 1. The van der Waals surface area contributed by atoms with Crippen LogP contribution in [0.2, 0.25) is 0 Å². The summed E-state index contributed by atoms with van der Waals surface area (Å²) in [4.78, 5) is 19.2. The van der Waals surface area contributed by atoms with Gasteiger partial charge in [-0.2, -0.15) is 0 Å². The van der Waals surface area contributed by atoms with E-state index in [1.54, 1.807) is 11.3 Å². The van der Waals surface area contributed by atoms with E-state index in [0.717, 1.165) is 41.2 Å². The number of amides is 1. The van der Waals surface area contributed by atoms with Crippen LogP contribution in [0, 0.1) is 0 Å². The van der Waals surface area contributed by atoms with E-state index in [2.05, 4.69) is 10.3 Å². The Bertz CT molecular complexity index is 926. The molecule has 130 valence electrons. The van der Waals surface area contributed by atoms with E-state index in [9.17, 15) is 4.79 Å². The summed E-state index contributed by atoms with van der Waals surface area (Å²) < 4.78 is 5.98. The number of benzene rings is 2. The van der Waals surface area contributed by atoms with E-state index in [0.29, 0.717) is 5.13 Å². The third kappa shape index (κ3) is 2.59. The van der Waals surface area contributed by atoms with Crippen LogP contribution in [0.1, 0.15) is 40.5 Å². The lowest BCUT2D eigenvalue weighted by atomic mass is 9.87. The van der Waals surface area contributed by atoms with E-state index in [-0.39, 0.29) is 5.91 Å². The molecule has 2 aliphatic rings. The number of nitrogens with one attached hydrogen (secondary N) is 1. The standard InChI is InChI=1S/C21H18N2O2S/c24-20(23-21-22-15-9-3-6-12-18(15)26-21)19-13-7-1-4-10-16(13)25-17-11-5-2-8-14(17)19/h1-2,4-5,7-8,10-11,19H,3,6,9,12H2,(H,22,23,24). The zero-order valence-electron chi connectivity index (χ0n) is 14.2. The first-order chi connectivity index (χ1) is 12.8. The smallest absolute Gasteiger partial charge is 0.238 e. The van der Waals surface area contributed by atoms with Crippen molar-refractivity contribution >= 4 is 22.4 Å². The predicted molar refractivity (Wildman–Crippen MR) is 102 cm³/mol. The second-order valence-corrected chi connectivity index (χ2v) is 7.78. The van der Waals surface area contributed by atoms with Gasteiger partial charge in [-0.05, 0) is 37.8 Å². The van der Waals surface area contributed by atoms with Crippen LogP contribution in [0.25, 0.3) is 0 Å². The zero-order valence-corrected chi connectivity index (χ0v) is 15.0. The van der Waals surface area contributed by atoms with Crippen LogP contribution >= 0.6 is 11.3 Å². The van der Waals surface area contributed by atoms with Crippen molar-refractivity contribution in [1.82, 2.24) is 4.98 Å². The number of rotatable bonds is 2. The van der Waals surface area contributed by atoms with Gasteiger partial charge in [0.2, 0.25) is 5.91 Å². The van der Waals surface area contributed by atoms with Crippen LogP contribution in [0.3, 0.4) is 0 Å². The fourth-order valence-corrected chi connectivity index (χ4v) is 4.83. The maximum atomic E-state index is 13.2. The quantitative estimate of drug-likeness (QED) is 0.705. The maximum absolute atomic E-state index is 13.2. The first-order valence-corrected chi connectivity index (χ1v) is 9.76. The molecule has 0 unspecified atom stereocenters. The van der Waals surface area contributed by atoms with Gasteiger partial charge in [-0.25, -0.2) is 4.98 Å². The van der Waals surface area contributed by atoms with Crippen molar-refractivity contribution in [3.05, 3.63) is 70.2 Å². The summed E-state index contributed by atoms with van der Waals surface area (Å²) in [6, 6.07) is 15.5. The van der Waals surface area contributed by atoms with E-state index in [1.165, 1.54) is 17.7 Å². The summed E-state index contributed by atoms with van der Waals surface area (Å²) >= 11 is 1.62. The second-order valence-electron chi connectivity index (χ2n) is 6.70. The summed E-state index contributed by atoms with van der Waals surface area (Å²) in [5.74, 6) is 1.03. The highest BCUT2D eigenvalue weighted by molar-refractivity contribution is 7.15. The molecule has 1 aliphatic carbocycles. The average Bonchev–Trinajstić information content (AvgIpc) is 3.08. The molecule has 0 bridgehead atoms. The Morgan fingerprint density at radius 1 is 1.00 bits per heavy atom. The van der Waals surface area contributed by atoms with Gasteiger partial charge >= 0.3 is 0 Å². The normalized spacial score (nSPS) is 15.4. The lowest BCUT2D eigenvalue weighted by Crippen LogP contribution is -2.25. The summed E-state index contributed by atoms with van der Waals surface area (Å²) in [5, 5.41) is 3.77. The van der Waals surface area contributed by atoms with Crippen LogP contribution in [-0.4, -0.2) is 10.9 Å². The number of hydrogen-bond acceptors (Lipinski definition) is 4. The number of carbonyl (C=O) groups excluding carboxylic acids is 1. The number of hydrogen-bond donors (Lipinski definition) is 1. The molecule has 1 amide bonds. The number of carbonyl (C=O) groups is 1. The van der Waals surface area contributed by atoms with Crippen molar-refractivity contribution in [1.29, 1.82) is 0 Å². The average molecular weight is 362 g/mol.